The van der Waals surface area contributed by atoms with Crippen LogP contribution in [0.3, 0.4) is 0 Å². The fraction of sp³-hybridized carbons (Fsp3) is 0.786. The van der Waals surface area contributed by atoms with Crippen molar-refractivity contribution in [1.82, 2.24) is 15.0 Å². The van der Waals surface area contributed by atoms with Gasteiger partial charge in [0, 0.05) is 6.54 Å². The predicted molar refractivity (Wildman–Crippen MR) is 74.6 cm³/mol. The van der Waals surface area contributed by atoms with E-state index in [-0.39, 0.29) is 24.0 Å². The lowest BCUT2D eigenvalue weighted by Crippen LogP contribution is -2.34. The highest BCUT2D eigenvalue weighted by atomic mass is 16.5. The fourth-order valence-corrected chi connectivity index (χ4v) is 3.21. The number of hydrogen-bond donors (Lipinski definition) is 1. The van der Waals surface area contributed by atoms with Crippen LogP contribution in [-0.4, -0.2) is 27.1 Å². The number of hydrogen-bond acceptors (Lipinski definition) is 5. The largest absolute Gasteiger partial charge is 0.461 e. The van der Waals surface area contributed by atoms with Crippen molar-refractivity contribution < 1.29 is 9.53 Å². The van der Waals surface area contributed by atoms with Gasteiger partial charge in [-0.1, -0.05) is 26.0 Å². The molecule has 6 nitrogen and oxygen atoms in total. The number of nitrogens with zero attached hydrogens (tertiary/aromatic N) is 3. The van der Waals surface area contributed by atoms with Crippen molar-refractivity contribution >= 4 is 5.97 Å². The molecule has 0 spiro atoms. The summed E-state index contributed by atoms with van der Waals surface area (Å²) in [6.07, 6.45) is 4.74. The molecule has 0 aromatic carbocycles. The summed E-state index contributed by atoms with van der Waals surface area (Å²) >= 11 is 0. The molecule has 2 atom stereocenters. The highest BCUT2D eigenvalue weighted by Crippen LogP contribution is 2.39. The van der Waals surface area contributed by atoms with Crippen LogP contribution in [0.2, 0.25) is 0 Å². The van der Waals surface area contributed by atoms with Crippen molar-refractivity contribution in [2.45, 2.75) is 59.2 Å². The van der Waals surface area contributed by atoms with Gasteiger partial charge in [-0.15, -0.1) is 5.10 Å². The van der Waals surface area contributed by atoms with Crippen LogP contribution in [0, 0.1) is 11.3 Å². The van der Waals surface area contributed by atoms with Crippen LogP contribution in [0.4, 0.5) is 0 Å². The minimum atomic E-state index is -0.256. The van der Waals surface area contributed by atoms with E-state index in [1.807, 2.05) is 0 Å². The lowest BCUT2D eigenvalue weighted by molar-refractivity contribution is -0.154. The molecule has 0 aliphatic heterocycles. The van der Waals surface area contributed by atoms with Gasteiger partial charge in [-0.3, -0.25) is 4.79 Å². The summed E-state index contributed by atoms with van der Waals surface area (Å²) in [4.78, 5) is 12.0. The van der Waals surface area contributed by atoms with Crippen LogP contribution in [-0.2, 0) is 22.6 Å². The number of ether oxygens (including phenoxy) is 1. The number of nitrogens with two attached hydrogens (primary N) is 1. The first-order valence-corrected chi connectivity index (χ1v) is 7.16. The van der Waals surface area contributed by atoms with Crippen molar-refractivity contribution in [3.05, 3.63) is 11.9 Å². The summed E-state index contributed by atoms with van der Waals surface area (Å²) in [6.45, 7) is 7.09. The van der Waals surface area contributed by atoms with E-state index < -0.39 is 0 Å². The Balaban J connectivity index is 1.87. The Hall–Kier alpha value is -1.43. The summed E-state index contributed by atoms with van der Waals surface area (Å²) in [5.74, 6) is 0.333. The van der Waals surface area contributed by atoms with Crippen LogP contribution < -0.4 is 5.73 Å². The van der Waals surface area contributed by atoms with Gasteiger partial charge in [-0.2, -0.15) is 0 Å². The summed E-state index contributed by atoms with van der Waals surface area (Å²) in [7, 11) is 0. The smallest absolute Gasteiger partial charge is 0.328 e. The summed E-state index contributed by atoms with van der Waals surface area (Å²) in [5, 5.41) is 7.70. The summed E-state index contributed by atoms with van der Waals surface area (Å²) in [5.41, 5.74) is 6.37. The van der Waals surface area contributed by atoms with Gasteiger partial charge in [0.1, 0.15) is 12.6 Å². The Labute approximate surface area is 119 Å². The number of carbonyl (C=O) groups excluding carboxylic acids is 1. The van der Waals surface area contributed by atoms with Crippen molar-refractivity contribution in [1.29, 1.82) is 0 Å². The quantitative estimate of drug-likeness (QED) is 0.845. The van der Waals surface area contributed by atoms with Crippen molar-refractivity contribution in [2.75, 3.05) is 0 Å². The molecular weight excluding hydrogens is 256 g/mol. The maximum absolute atomic E-state index is 12.0. The zero-order chi connectivity index (χ0) is 14.8. The molecule has 0 saturated heterocycles. The minimum absolute atomic E-state index is 0.0127. The van der Waals surface area contributed by atoms with Gasteiger partial charge in [0.2, 0.25) is 0 Å². The molecule has 1 aliphatic rings. The van der Waals surface area contributed by atoms with E-state index in [4.69, 9.17) is 10.5 Å². The Morgan fingerprint density at radius 1 is 1.55 bits per heavy atom. The Morgan fingerprint density at radius 3 is 2.90 bits per heavy atom. The molecule has 1 aromatic rings. The second-order valence-electron chi connectivity index (χ2n) is 6.64. The molecule has 2 N–H and O–H groups in total. The van der Waals surface area contributed by atoms with E-state index in [2.05, 4.69) is 31.1 Å². The average molecular weight is 280 g/mol. The first kappa shape index (κ1) is 15.0. The predicted octanol–water partition coefficient (Wildman–Crippen LogP) is 1.49. The third-order valence-corrected chi connectivity index (χ3v) is 3.73. The molecule has 1 aromatic heterocycles. The monoisotopic (exact) mass is 280 g/mol. The number of carbonyl (C=O) groups is 1. The van der Waals surface area contributed by atoms with Crippen LogP contribution in [0.5, 0.6) is 0 Å². The van der Waals surface area contributed by atoms with E-state index in [9.17, 15) is 4.79 Å². The second-order valence-corrected chi connectivity index (χ2v) is 6.64. The Kier molecular flexibility index (Phi) is 4.42. The second kappa shape index (κ2) is 5.91. The molecule has 2 unspecified atom stereocenters. The summed E-state index contributed by atoms with van der Waals surface area (Å²) in [6, 6.07) is 0. The highest BCUT2D eigenvalue weighted by molar-refractivity contribution is 5.69. The molecule has 1 fully saturated rings. The molecule has 0 amide bonds. The van der Waals surface area contributed by atoms with E-state index in [0.29, 0.717) is 18.2 Å². The third-order valence-electron chi connectivity index (χ3n) is 3.73. The molecule has 1 aliphatic carbocycles. The van der Waals surface area contributed by atoms with Gasteiger partial charge in [0.25, 0.3) is 0 Å². The molecule has 0 radical (unpaired) electrons. The van der Waals surface area contributed by atoms with Crippen LogP contribution in [0.25, 0.3) is 0 Å². The first-order chi connectivity index (χ1) is 9.38. The average Bonchev–Trinajstić information content (AvgIpc) is 2.73. The molecule has 20 heavy (non-hydrogen) atoms. The van der Waals surface area contributed by atoms with Gasteiger partial charge < -0.3 is 10.5 Å². The Morgan fingerprint density at radius 2 is 2.30 bits per heavy atom. The molecule has 0 bridgehead atoms. The number of aromatic nitrogens is 3. The SMILES string of the molecule is CC1CC(OC(=O)Cn2cc(CN)nn2)CC(C)(C)C1. The zero-order valence-electron chi connectivity index (χ0n) is 12.5. The van der Waals surface area contributed by atoms with Gasteiger partial charge in [0.15, 0.2) is 0 Å². The highest BCUT2D eigenvalue weighted by Gasteiger charge is 2.33. The molecule has 2 rings (SSSR count). The topological polar surface area (TPSA) is 83.0 Å². The molecule has 1 heterocycles. The van der Waals surface area contributed by atoms with Gasteiger partial charge in [0.05, 0.1) is 11.9 Å². The van der Waals surface area contributed by atoms with Crippen LogP contribution in [0.1, 0.15) is 45.7 Å². The van der Waals surface area contributed by atoms with E-state index >= 15 is 0 Å². The van der Waals surface area contributed by atoms with E-state index in [1.165, 1.54) is 11.1 Å². The van der Waals surface area contributed by atoms with E-state index in [1.54, 1.807) is 6.20 Å². The van der Waals surface area contributed by atoms with Gasteiger partial charge >= 0.3 is 5.97 Å². The Bertz CT molecular complexity index is 469. The number of esters is 1. The van der Waals surface area contributed by atoms with Crippen molar-refractivity contribution in [3.63, 3.8) is 0 Å². The fourth-order valence-electron chi connectivity index (χ4n) is 3.21. The molecule has 112 valence electrons. The number of rotatable bonds is 4. The zero-order valence-corrected chi connectivity index (χ0v) is 12.5. The van der Waals surface area contributed by atoms with Gasteiger partial charge in [-0.05, 0) is 30.6 Å². The normalized spacial score (nSPS) is 25.4. The summed E-state index contributed by atoms with van der Waals surface area (Å²) < 4.78 is 7.06. The lowest BCUT2D eigenvalue weighted by atomic mass is 9.71. The van der Waals surface area contributed by atoms with Crippen molar-refractivity contribution in [2.24, 2.45) is 17.1 Å². The maximum Gasteiger partial charge on any atom is 0.328 e. The first-order valence-electron chi connectivity index (χ1n) is 7.16. The minimum Gasteiger partial charge on any atom is -0.461 e. The molecule has 6 heteroatoms. The van der Waals surface area contributed by atoms with Crippen LogP contribution in [0.15, 0.2) is 6.20 Å². The lowest BCUT2D eigenvalue weighted by Gasteiger charge is -2.38. The maximum atomic E-state index is 12.0. The molecular formula is C14H24N4O2. The van der Waals surface area contributed by atoms with Crippen LogP contribution >= 0.6 is 0 Å². The standard InChI is InChI=1S/C14H24N4O2/c1-10-4-12(6-14(2,3)5-10)20-13(19)9-18-8-11(7-15)16-17-18/h8,10,12H,4-7,9,15H2,1-3H3. The molecule has 1 saturated carbocycles. The third kappa shape index (κ3) is 4.03. The van der Waals surface area contributed by atoms with E-state index in [0.717, 1.165) is 12.8 Å². The van der Waals surface area contributed by atoms with Gasteiger partial charge in [-0.25, -0.2) is 4.68 Å². The van der Waals surface area contributed by atoms with Crippen molar-refractivity contribution in [3.8, 4) is 0 Å².